The molecule has 1 N–H and O–H groups in total. The first kappa shape index (κ1) is 19.8. The first-order chi connectivity index (χ1) is 13.6. The first-order valence-corrected chi connectivity index (χ1v) is 10.0. The highest BCUT2D eigenvalue weighted by atomic mass is 32.2. The van der Waals surface area contributed by atoms with Gasteiger partial charge in [0, 0.05) is 24.5 Å². The smallest absolute Gasteiger partial charge is 0.340 e. The number of nitrogens with zero attached hydrogens (tertiary/aromatic N) is 4. The molecule has 28 heavy (non-hydrogen) atoms. The Kier molecular flexibility index (Phi) is 6.56. The molecule has 0 bridgehead atoms. The van der Waals surface area contributed by atoms with Crippen molar-refractivity contribution in [1.82, 2.24) is 19.7 Å². The Labute approximate surface area is 169 Å². The van der Waals surface area contributed by atoms with Gasteiger partial charge in [0.15, 0.2) is 11.0 Å². The van der Waals surface area contributed by atoms with Gasteiger partial charge in [0.1, 0.15) is 5.00 Å². The maximum atomic E-state index is 12.3. The molecular formula is C18H17N5O3S2. The van der Waals surface area contributed by atoms with E-state index in [2.05, 4.69) is 27.1 Å². The Balaban J connectivity index is 1.70. The van der Waals surface area contributed by atoms with Crippen LogP contribution >= 0.6 is 23.1 Å². The van der Waals surface area contributed by atoms with Crippen LogP contribution in [0, 0.1) is 0 Å². The molecule has 3 aromatic heterocycles. The molecule has 1 amide bonds. The Morgan fingerprint density at radius 1 is 1.32 bits per heavy atom. The SMILES string of the molecule is C=CCn1c(SCC(=O)Nc2sccc2C(=O)OC)nnc1-c1ccncc1. The number of carbonyl (C=O) groups excluding carboxylic acids is 2. The van der Waals surface area contributed by atoms with Crippen LogP contribution in [0.5, 0.6) is 0 Å². The van der Waals surface area contributed by atoms with E-state index in [1.807, 2.05) is 16.7 Å². The third kappa shape index (κ3) is 4.46. The minimum Gasteiger partial charge on any atom is -0.465 e. The fraction of sp³-hybridized carbons (Fsp3) is 0.167. The summed E-state index contributed by atoms with van der Waals surface area (Å²) >= 11 is 2.52. The number of pyridine rings is 1. The van der Waals surface area contributed by atoms with E-state index in [0.717, 1.165) is 5.56 Å². The molecule has 0 aromatic carbocycles. The van der Waals surface area contributed by atoms with Crippen LogP contribution in [0.15, 0.2) is 53.8 Å². The second-order valence-electron chi connectivity index (χ2n) is 5.43. The van der Waals surface area contributed by atoms with E-state index in [0.29, 0.717) is 28.1 Å². The molecule has 0 fully saturated rings. The third-order valence-corrected chi connectivity index (χ3v) is 5.42. The summed E-state index contributed by atoms with van der Waals surface area (Å²) in [5, 5.41) is 13.9. The fourth-order valence-electron chi connectivity index (χ4n) is 2.37. The van der Waals surface area contributed by atoms with Crippen molar-refractivity contribution in [3.63, 3.8) is 0 Å². The molecule has 0 unspecified atom stereocenters. The van der Waals surface area contributed by atoms with E-state index >= 15 is 0 Å². The van der Waals surface area contributed by atoms with Gasteiger partial charge in [0.05, 0.1) is 18.4 Å². The Morgan fingerprint density at radius 2 is 2.11 bits per heavy atom. The van der Waals surface area contributed by atoms with Gasteiger partial charge in [-0.15, -0.1) is 28.1 Å². The number of esters is 1. The van der Waals surface area contributed by atoms with Crippen molar-refractivity contribution in [2.75, 3.05) is 18.2 Å². The van der Waals surface area contributed by atoms with Crippen molar-refractivity contribution >= 4 is 40.0 Å². The molecule has 10 heteroatoms. The van der Waals surface area contributed by atoms with Crippen LogP contribution in [0.4, 0.5) is 5.00 Å². The fourth-order valence-corrected chi connectivity index (χ4v) is 3.91. The van der Waals surface area contributed by atoms with Gasteiger partial charge in [0.25, 0.3) is 0 Å². The molecule has 0 saturated heterocycles. The highest BCUT2D eigenvalue weighted by Crippen LogP contribution is 2.26. The lowest BCUT2D eigenvalue weighted by Gasteiger charge is -2.08. The van der Waals surface area contributed by atoms with Crippen molar-refractivity contribution < 1.29 is 14.3 Å². The highest BCUT2D eigenvalue weighted by molar-refractivity contribution is 7.99. The van der Waals surface area contributed by atoms with Crippen molar-refractivity contribution in [1.29, 1.82) is 0 Å². The maximum Gasteiger partial charge on any atom is 0.340 e. The average Bonchev–Trinajstić information content (AvgIpc) is 3.34. The molecule has 0 aliphatic carbocycles. The van der Waals surface area contributed by atoms with Crippen LogP contribution in [-0.2, 0) is 16.1 Å². The minimum atomic E-state index is -0.489. The van der Waals surface area contributed by atoms with Crippen molar-refractivity contribution in [2.24, 2.45) is 0 Å². The summed E-state index contributed by atoms with van der Waals surface area (Å²) in [5.41, 5.74) is 1.21. The zero-order chi connectivity index (χ0) is 19.9. The number of methoxy groups -OCH3 is 1. The van der Waals surface area contributed by atoms with Crippen LogP contribution in [0.2, 0.25) is 0 Å². The largest absolute Gasteiger partial charge is 0.465 e. The van der Waals surface area contributed by atoms with Gasteiger partial charge < -0.3 is 10.1 Å². The Morgan fingerprint density at radius 3 is 2.82 bits per heavy atom. The Bertz CT molecular complexity index is 984. The lowest BCUT2D eigenvalue weighted by atomic mass is 10.2. The maximum absolute atomic E-state index is 12.3. The number of hydrogen-bond donors (Lipinski definition) is 1. The molecule has 144 valence electrons. The number of ether oxygens (including phenoxy) is 1. The minimum absolute atomic E-state index is 0.115. The van der Waals surface area contributed by atoms with Crippen LogP contribution < -0.4 is 5.32 Å². The number of anilines is 1. The zero-order valence-corrected chi connectivity index (χ0v) is 16.6. The molecule has 0 saturated carbocycles. The van der Waals surface area contributed by atoms with Gasteiger partial charge in [-0.1, -0.05) is 17.8 Å². The van der Waals surface area contributed by atoms with E-state index in [-0.39, 0.29) is 11.7 Å². The number of amides is 1. The predicted molar refractivity (Wildman–Crippen MR) is 108 cm³/mol. The molecule has 0 atom stereocenters. The summed E-state index contributed by atoms with van der Waals surface area (Å²) in [5.74, 6) is 0.0500. The number of hydrogen-bond acceptors (Lipinski definition) is 8. The predicted octanol–water partition coefficient (Wildman–Crippen LogP) is 3.11. The van der Waals surface area contributed by atoms with E-state index < -0.39 is 5.97 Å². The van der Waals surface area contributed by atoms with E-state index in [9.17, 15) is 9.59 Å². The topological polar surface area (TPSA) is 99.0 Å². The number of thioether (sulfide) groups is 1. The molecule has 0 radical (unpaired) electrons. The first-order valence-electron chi connectivity index (χ1n) is 8.17. The van der Waals surface area contributed by atoms with Crippen molar-refractivity contribution in [3.8, 4) is 11.4 Å². The molecule has 8 nitrogen and oxygen atoms in total. The molecule has 0 aliphatic rings. The summed E-state index contributed by atoms with van der Waals surface area (Å²) in [6.45, 7) is 4.28. The van der Waals surface area contributed by atoms with Crippen LogP contribution in [0.3, 0.4) is 0 Å². The van der Waals surface area contributed by atoms with Gasteiger partial charge in [-0.25, -0.2) is 4.79 Å². The summed E-state index contributed by atoms with van der Waals surface area (Å²) in [4.78, 5) is 28.0. The van der Waals surface area contributed by atoms with Crippen molar-refractivity contribution in [2.45, 2.75) is 11.7 Å². The van der Waals surface area contributed by atoms with Crippen LogP contribution in [0.1, 0.15) is 10.4 Å². The number of carbonyl (C=O) groups is 2. The third-order valence-electron chi connectivity index (χ3n) is 3.62. The second-order valence-corrected chi connectivity index (χ2v) is 7.29. The summed E-state index contributed by atoms with van der Waals surface area (Å²) in [7, 11) is 1.30. The number of rotatable bonds is 8. The zero-order valence-electron chi connectivity index (χ0n) is 15.0. The number of aromatic nitrogens is 4. The van der Waals surface area contributed by atoms with Crippen LogP contribution in [0.25, 0.3) is 11.4 Å². The van der Waals surface area contributed by atoms with E-state index in [1.165, 1.54) is 30.2 Å². The Hall–Kier alpha value is -2.98. The standard InChI is InChI=1S/C18H17N5O3S2/c1-3-9-23-15(12-4-7-19-8-5-12)21-22-18(23)28-11-14(24)20-16-13(6-10-27-16)17(25)26-2/h3-8,10H,1,9,11H2,2H3,(H,20,24). The average molecular weight is 416 g/mol. The summed E-state index contributed by atoms with van der Waals surface area (Å²) in [6, 6.07) is 5.30. The molecule has 3 rings (SSSR count). The van der Waals surface area contributed by atoms with Gasteiger partial charge in [0.2, 0.25) is 5.91 Å². The number of thiophene rings is 1. The normalized spacial score (nSPS) is 10.5. The molecular weight excluding hydrogens is 398 g/mol. The molecule has 0 aliphatic heterocycles. The van der Waals surface area contributed by atoms with Gasteiger partial charge in [-0.2, -0.15) is 0 Å². The number of allylic oxidation sites excluding steroid dienone is 1. The van der Waals surface area contributed by atoms with Crippen LogP contribution in [-0.4, -0.2) is 44.5 Å². The molecule has 3 heterocycles. The van der Waals surface area contributed by atoms with Gasteiger partial charge in [-0.05, 0) is 23.6 Å². The quantitative estimate of drug-likeness (QED) is 0.343. The summed E-state index contributed by atoms with van der Waals surface area (Å²) < 4.78 is 6.59. The van der Waals surface area contributed by atoms with Gasteiger partial charge >= 0.3 is 5.97 Å². The molecule has 0 spiro atoms. The van der Waals surface area contributed by atoms with E-state index in [4.69, 9.17) is 4.74 Å². The lowest BCUT2D eigenvalue weighted by molar-refractivity contribution is -0.113. The number of nitrogens with one attached hydrogen (secondary N) is 1. The second kappa shape index (κ2) is 9.29. The highest BCUT2D eigenvalue weighted by Gasteiger charge is 2.18. The van der Waals surface area contributed by atoms with Crippen molar-refractivity contribution in [3.05, 3.63) is 54.2 Å². The molecule has 3 aromatic rings. The monoisotopic (exact) mass is 415 g/mol. The summed E-state index contributed by atoms with van der Waals surface area (Å²) in [6.07, 6.45) is 5.11. The lowest BCUT2D eigenvalue weighted by Crippen LogP contribution is -2.16. The van der Waals surface area contributed by atoms with Gasteiger partial charge in [-0.3, -0.25) is 14.3 Å². The van der Waals surface area contributed by atoms with E-state index in [1.54, 1.807) is 29.9 Å².